The molecule has 0 unspecified atom stereocenters. The van der Waals surface area contributed by atoms with Crippen molar-refractivity contribution in [1.82, 2.24) is 5.32 Å². The van der Waals surface area contributed by atoms with E-state index in [2.05, 4.69) is 12.2 Å². The lowest BCUT2D eigenvalue weighted by atomic mass is 9.80. The second kappa shape index (κ2) is 5.17. The largest absolute Gasteiger partial charge is 0.349 e. The van der Waals surface area contributed by atoms with E-state index in [9.17, 15) is 4.79 Å². The van der Waals surface area contributed by atoms with Crippen molar-refractivity contribution in [2.24, 2.45) is 5.41 Å². The molecule has 2 fully saturated rings. The number of rotatable bonds is 3. The summed E-state index contributed by atoms with van der Waals surface area (Å²) in [5.74, 6) is 0.812. The molecule has 0 aromatic rings. The molecule has 1 N–H and O–H groups in total. The highest BCUT2D eigenvalue weighted by atomic mass is 35.5. The number of halogens is 1. The molecule has 0 aliphatic heterocycles. The Morgan fingerprint density at radius 1 is 1.06 bits per heavy atom. The molecule has 2 aliphatic rings. The highest BCUT2D eigenvalue weighted by Crippen LogP contribution is 2.39. The van der Waals surface area contributed by atoms with Crippen molar-refractivity contribution in [2.45, 2.75) is 70.3 Å². The van der Waals surface area contributed by atoms with Crippen molar-refractivity contribution in [2.75, 3.05) is 5.88 Å². The molecule has 17 heavy (non-hydrogen) atoms. The summed E-state index contributed by atoms with van der Waals surface area (Å²) in [4.78, 5) is 12.4. The van der Waals surface area contributed by atoms with Crippen LogP contribution < -0.4 is 5.32 Å². The first kappa shape index (κ1) is 13.2. The predicted octanol–water partition coefficient (Wildman–Crippen LogP) is 3.62. The van der Waals surface area contributed by atoms with Gasteiger partial charge in [-0.3, -0.25) is 4.79 Å². The van der Waals surface area contributed by atoms with Crippen LogP contribution in [0, 0.1) is 5.41 Å². The molecule has 0 spiro atoms. The van der Waals surface area contributed by atoms with Crippen LogP contribution >= 0.6 is 11.6 Å². The van der Waals surface area contributed by atoms with E-state index in [4.69, 9.17) is 11.6 Å². The third-order valence-electron chi connectivity index (χ3n) is 4.70. The predicted molar refractivity (Wildman–Crippen MR) is 71.3 cm³/mol. The van der Waals surface area contributed by atoms with E-state index in [0.717, 1.165) is 25.7 Å². The van der Waals surface area contributed by atoms with Gasteiger partial charge in [-0.05, 0) is 25.7 Å². The lowest BCUT2D eigenvalue weighted by molar-refractivity contribution is -0.132. The van der Waals surface area contributed by atoms with Crippen LogP contribution in [0.3, 0.4) is 0 Å². The molecular formula is C14H24ClNO. The minimum absolute atomic E-state index is 0.109. The van der Waals surface area contributed by atoms with E-state index in [1.165, 1.54) is 32.1 Å². The maximum absolute atomic E-state index is 12.4. The Morgan fingerprint density at radius 3 is 2.12 bits per heavy atom. The second-order valence-corrected chi connectivity index (χ2v) is 6.46. The van der Waals surface area contributed by atoms with Crippen molar-refractivity contribution in [3.8, 4) is 0 Å². The molecule has 0 aromatic heterocycles. The lowest BCUT2D eigenvalue weighted by Crippen LogP contribution is -2.54. The van der Waals surface area contributed by atoms with Gasteiger partial charge in [0.15, 0.2) is 0 Å². The average molecular weight is 258 g/mol. The fourth-order valence-corrected chi connectivity index (χ4v) is 3.63. The molecule has 3 heteroatoms. The summed E-state index contributed by atoms with van der Waals surface area (Å²) < 4.78 is 0. The Kier molecular flexibility index (Phi) is 4.02. The van der Waals surface area contributed by atoms with Gasteiger partial charge < -0.3 is 5.32 Å². The van der Waals surface area contributed by atoms with Crippen LogP contribution in [0.15, 0.2) is 0 Å². The van der Waals surface area contributed by atoms with Gasteiger partial charge in [-0.25, -0.2) is 0 Å². The zero-order chi connectivity index (χ0) is 12.4. The number of alkyl halides is 1. The highest BCUT2D eigenvalue weighted by molar-refractivity contribution is 6.18. The second-order valence-electron chi connectivity index (χ2n) is 6.20. The zero-order valence-electron chi connectivity index (χ0n) is 10.9. The Morgan fingerprint density at radius 2 is 1.59 bits per heavy atom. The normalized spacial score (nSPS) is 26.7. The van der Waals surface area contributed by atoms with Gasteiger partial charge >= 0.3 is 0 Å². The van der Waals surface area contributed by atoms with E-state index in [1.807, 2.05) is 0 Å². The number of carbonyl (C=O) groups is 1. The first-order valence-electron chi connectivity index (χ1n) is 6.99. The van der Waals surface area contributed by atoms with Crippen LogP contribution in [0.1, 0.15) is 64.7 Å². The van der Waals surface area contributed by atoms with E-state index in [1.54, 1.807) is 0 Å². The summed E-state index contributed by atoms with van der Waals surface area (Å²) in [7, 11) is 0. The van der Waals surface area contributed by atoms with Crippen molar-refractivity contribution >= 4 is 17.5 Å². The molecule has 0 atom stereocenters. The fraction of sp³-hybridized carbons (Fsp3) is 0.929. The third kappa shape index (κ3) is 2.78. The van der Waals surface area contributed by atoms with Crippen molar-refractivity contribution in [1.29, 1.82) is 0 Å². The monoisotopic (exact) mass is 257 g/mol. The van der Waals surface area contributed by atoms with Crippen LogP contribution in [0.25, 0.3) is 0 Å². The standard InChI is InChI=1S/C14H24ClNO/c1-13(7-5-6-8-13)12(17)16-14(11-15)9-3-2-4-10-14/h2-11H2,1H3,(H,16,17). The molecular weight excluding hydrogens is 234 g/mol. The summed E-state index contributed by atoms with van der Waals surface area (Å²) in [5, 5.41) is 3.29. The van der Waals surface area contributed by atoms with E-state index in [0.29, 0.717) is 5.88 Å². The molecule has 2 saturated carbocycles. The zero-order valence-corrected chi connectivity index (χ0v) is 11.6. The molecule has 0 aromatic carbocycles. The summed E-state index contributed by atoms with van der Waals surface area (Å²) in [5.41, 5.74) is -0.237. The molecule has 0 radical (unpaired) electrons. The van der Waals surface area contributed by atoms with Gasteiger partial charge in [-0.15, -0.1) is 11.6 Å². The quantitative estimate of drug-likeness (QED) is 0.769. The maximum atomic E-state index is 12.4. The molecule has 1 amide bonds. The van der Waals surface area contributed by atoms with Gasteiger partial charge in [0.05, 0.1) is 5.54 Å². The number of amides is 1. The van der Waals surface area contributed by atoms with Crippen LogP contribution in [-0.2, 0) is 4.79 Å². The minimum Gasteiger partial charge on any atom is -0.349 e. The highest BCUT2D eigenvalue weighted by Gasteiger charge is 2.41. The van der Waals surface area contributed by atoms with Crippen LogP contribution in [0.2, 0.25) is 0 Å². The number of hydrogen-bond acceptors (Lipinski definition) is 1. The van der Waals surface area contributed by atoms with Gasteiger partial charge in [0.2, 0.25) is 5.91 Å². The average Bonchev–Trinajstić information content (AvgIpc) is 2.79. The molecule has 0 heterocycles. The van der Waals surface area contributed by atoms with Crippen LogP contribution in [0.5, 0.6) is 0 Å². The first-order chi connectivity index (χ1) is 8.10. The molecule has 2 nitrogen and oxygen atoms in total. The lowest BCUT2D eigenvalue weighted by Gasteiger charge is -2.39. The fourth-order valence-electron chi connectivity index (χ4n) is 3.29. The van der Waals surface area contributed by atoms with E-state index < -0.39 is 0 Å². The smallest absolute Gasteiger partial charge is 0.226 e. The van der Waals surface area contributed by atoms with Crippen molar-refractivity contribution in [3.05, 3.63) is 0 Å². The summed E-state index contributed by atoms with van der Waals surface area (Å²) in [6.07, 6.45) is 10.2. The molecule has 0 bridgehead atoms. The van der Waals surface area contributed by atoms with Crippen molar-refractivity contribution < 1.29 is 4.79 Å². The Labute approximate surface area is 109 Å². The maximum Gasteiger partial charge on any atom is 0.226 e. The third-order valence-corrected chi connectivity index (χ3v) is 5.21. The van der Waals surface area contributed by atoms with Crippen LogP contribution in [-0.4, -0.2) is 17.3 Å². The van der Waals surface area contributed by atoms with Gasteiger partial charge in [-0.2, -0.15) is 0 Å². The Hall–Kier alpha value is -0.240. The Balaban J connectivity index is 2.00. The van der Waals surface area contributed by atoms with Gasteiger partial charge in [0.25, 0.3) is 0 Å². The van der Waals surface area contributed by atoms with Gasteiger partial charge in [-0.1, -0.05) is 39.0 Å². The van der Waals surface area contributed by atoms with Gasteiger partial charge in [0, 0.05) is 11.3 Å². The topological polar surface area (TPSA) is 29.1 Å². The van der Waals surface area contributed by atoms with E-state index in [-0.39, 0.29) is 16.9 Å². The molecule has 2 aliphatic carbocycles. The molecule has 98 valence electrons. The first-order valence-corrected chi connectivity index (χ1v) is 7.52. The summed E-state index contributed by atoms with van der Waals surface area (Å²) in [6, 6.07) is 0. The van der Waals surface area contributed by atoms with E-state index >= 15 is 0 Å². The number of nitrogens with one attached hydrogen (secondary N) is 1. The SMILES string of the molecule is CC1(C(=O)NC2(CCl)CCCCC2)CCCC1. The molecule has 0 saturated heterocycles. The Bertz CT molecular complexity index is 278. The molecule has 2 rings (SSSR count). The minimum atomic E-state index is -0.128. The van der Waals surface area contributed by atoms with Crippen LogP contribution in [0.4, 0.5) is 0 Å². The number of hydrogen-bond donors (Lipinski definition) is 1. The summed E-state index contributed by atoms with van der Waals surface area (Å²) >= 11 is 6.12. The number of carbonyl (C=O) groups excluding carboxylic acids is 1. The van der Waals surface area contributed by atoms with Crippen molar-refractivity contribution in [3.63, 3.8) is 0 Å². The summed E-state index contributed by atoms with van der Waals surface area (Å²) in [6.45, 7) is 2.11. The van der Waals surface area contributed by atoms with Gasteiger partial charge in [0.1, 0.15) is 0 Å².